The molecule has 4 rings (SSSR count). The lowest BCUT2D eigenvalue weighted by Crippen LogP contribution is -2.33. The average Bonchev–Trinajstić information content (AvgIpc) is 3.11. The largest absolute Gasteiger partial charge is 0.350 e. The zero-order valence-corrected chi connectivity index (χ0v) is 16.9. The maximum atomic E-state index is 13.0. The molecule has 0 bridgehead atoms. The Balaban J connectivity index is 1.59. The Bertz CT molecular complexity index is 1160. The van der Waals surface area contributed by atoms with Crippen molar-refractivity contribution in [2.75, 3.05) is 6.54 Å². The van der Waals surface area contributed by atoms with Crippen LogP contribution in [0.15, 0.2) is 53.7 Å². The molecule has 3 aromatic rings. The van der Waals surface area contributed by atoms with Crippen molar-refractivity contribution in [3.8, 4) is 0 Å². The molecule has 28 heavy (non-hydrogen) atoms. The van der Waals surface area contributed by atoms with Crippen molar-refractivity contribution >= 4 is 39.9 Å². The second-order valence-corrected chi connectivity index (χ2v) is 7.66. The summed E-state index contributed by atoms with van der Waals surface area (Å²) in [6.07, 6.45) is 2.64. The maximum absolute atomic E-state index is 13.0. The topological polar surface area (TPSA) is 42.3 Å². The van der Waals surface area contributed by atoms with E-state index in [-0.39, 0.29) is 10.9 Å². The van der Waals surface area contributed by atoms with Crippen molar-refractivity contribution in [1.29, 1.82) is 0 Å². The summed E-state index contributed by atoms with van der Waals surface area (Å²) in [5, 5.41) is 1.14. The number of aromatic nitrogens is 1. The highest BCUT2D eigenvalue weighted by atomic mass is 35.5. The van der Waals surface area contributed by atoms with E-state index in [4.69, 9.17) is 11.6 Å². The highest BCUT2D eigenvalue weighted by Crippen LogP contribution is 2.33. The molecule has 1 aliphatic heterocycles. The Morgan fingerprint density at radius 2 is 1.71 bits per heavy atom. The molecule has 0 atom stereocenters. The van der Waals surface area contributed by atoms with Gasteiger partial charge in [-0.3, -0.25) is 14.5 Å². The number of carbonyl (C=O) groups is 2. The fourth-order valence-corrected chi connectivity index (χ4v) is 4.05. The van der Waals surface area contributed by atoms with E-state index in [2.05, 4.69) is 22.9 Å². The van der Waals surface area contributed by atoms with Crippen LogP contribution in [0, 0.1) is 13.8 Å². The first-order valence-corrected chi connectivity index (χ1v) is 9.63. The summed E-state index contributed by atoms with van der Waals surface area (Å²) in [7, 11) is 1.99. The van der Waals surface area contributed by atoms with E-state index < -0.39 is 5.91 Å². The first-order valence-electron chi connectivity index (χ1n) is 9.25. The summed E-state index contributed by atoms with van der Waals surface area (Å²) < 4.78 is 2.06. The van der Waals surface area contributed by atoms with Gasteiger partial charge in [0.1, 0.15) is 5.03 Å². The van der Waals surface area contributed by atoms with E-state index in [1.54, 1.807) is 0 Å². The van der Waals surface area contributed by atoms with Crippen molar-refractivity contribution in [2.45, 2.75) is 20.3 Å². The fraction of sp³-hybridized carbons (Fsp3) is 0.217. The van der Waals surface area contributed by atoms with Gasteiger partial charge in [0.15, 0.2) is 0 Å². The Kier molecular flexibility index (Phi) is 4.60. The van der Waals surface area contributed by atoms with Crippen molar-refractivity contribution in [1.82, 2.24) is 9.47 Å². The normalized spacial score (nSPS) is 14.6. The minimum absolute atomic E-state index is 0.00572. The molecule has 0 aliphatic carbocycles. The molecular formula is C23H21ClN2O2. The minimum atomic E-state index is -0.417. The third kappa shape index (κ3) is 2.94. The predicted molar refractivity (Wildman–Crippen MR) is 112 cm³/mol. The molecular weight excluding hydrogens is 372 g/mol. The summed E-state index contributed by atoms with van der Waals surface area (Å²) in [5.74, 6) is -0.737. The van der Waals surface area contributed by atoms with Gasteiger partial charge in [-0.1, -0.05) is 48.0 Å². The van der Waals surface area contributed by atoms with Crippen molar-refractivity contribution < 1.29 is 9.59 Å². The predicted octanol–water partition coefficient (Wildman–Crippen LogP) is 4.36. The molecule has 0 saturated heterocycles. The van der Waals surface area contributed by atoms with Crippen LogP contribution in [0.1, 0.15) is 22.3 Å². The molecule has 0 saturated carbocycles. The molecule has 0 N–H and O–H groups in total. The third-order valence-electron chi connectivity index (χ3n) is 5.49. The van der Waals surface area contributed by atoms with E-state index in [1.165, 1.54) is 4.90 Å². The number of imide groups is 1. The monoisotopic (exact) mass is 392 g/mol. The van der Waals surface area contributed by atoms with Gasteiger partial charge in [0.2, 0.25) is 0 Å². The number of para-hydroxylation sites is 1. The zero-order chi connectivity index (χ0) is 20.0. The van der Waals surface area contributed by atoms with Crippen LogP contribution in [-0.2, 0) is 23.1 Å². The summed E-state index contributed by atoms with van der Waals surface area (Å²) in [6.45, 7) is 4.29. The van der Waals surface area contributed by atoms with Gasteiger partial charge in [-0.15, -0.1) is 0 Å². The number of hydrogen-bond acceptors (Lipinski definition) is 2. The SMILES string of the molecule is Cc1ccc(C2=C(Cl)C(=O)N(CCc3cn(C)c4ccccc34)C2=O)cc1C. The van der Waals surface area contributed by atoms with Gasteiger partial charge >= 0.3 is 0 Å². The van der Waals surface area contributed by atoms with Gasteiger partial charge in [0, 0.05) is 30.7 Å². The van der Waals surface area contributed by atoms with Crippen LogP contribution in [0.25, 0.3) is 16.5 Å². The second-order valence-electron chi connectivity index (χ2n) is 7.28. The van der Waals surface area contributed by atoms with Crippen LogP contribution in [0.5, 0.6) is 0 Å². The summed E-state index contributed by atoms with van der Waals surface area (Å²) in [5.41, 5.74) is 5.42. The molecule has 2 aromatic carbocycles. The Morgan fingerprint density at radius 3 is 2.46 bits per heavy atom. The Hall–Kier alpha value is -2.85. The molecule has 0 unspecified atom stereocenters. The van der Waals surface area contributed by atoms with E-state index in [9.17, 15) is 9.59 Å². The highest BCUT2D eigenvalue weighted by molar-refractivity contribution is 6.55. The summed E-state index contributed by atoms with van der Waals surface area (Å²) >= 11 is 6.29. The van der Waals surface area contributed by atoms with Crippen LogP contribution >= 0.6 is 11.6 Å². The third-order valence-corrected chi connectivity index (χ3v) is 5.84. The van der Waals surface area contributed by atoms with Crippen molar-refractivity contribution in [3.05, 3.63) is 75.9 Å². The molecule has 2 heterocycles. The standard InChI is InChI=1S/C23H21ClN2O2/c1-14-8-9-16(12-15(14)2)20-21(24)23(28)26(22(20)27)11-10-17-13-25(3)19-7-5-4-6-18(17)19/h4-9,12-13H,10-11H2,1-3H3. The van der Waals surface area contributed by atoms with Gasteiger partial charge in [-0.25, -0.2) is 0 Å². The van der Waals surface area contributed by atoms with Gasteiger partial charge in [0.05, 0.1) is 5.57 Å². The molecule has 5 heteroatoms. The lowest BCUT2D eigenvalue weighted by molar-refractivity contribution is -0.136. The highest BCUT2D eigenvalue weighted by Gasteiger charge is 2.38. The van der Waals surface area contributed by atoms with Crippen LogP contribution < -0.4 is 0 Å². The number of fused-ring (bicyclic) bond motifs is 1. The molecule has 0 radical (unpaired) electrons. The van der Waals surface area contributed by atoms with E-state index in [1.807, 2.05) is 51.2 Å². The number of aryl methyl sites for hydroxylation is 3. The molecule has 0 fully saturated rings. The lowest BCUT2D eigenvalue weighted by atomic mass is 10.0. The maximum Gasteiger partial charge on any atom is 0.273 e. The molecule has 1 aliphatic rings. The molecule has 4 nitrogen and oxygen atoms in total. The molecule has 142 valence electrons. The number of hydrogen-bond donors (Lipinski definition) is 0. The molecule has 1 aromatic heterocycles. The number of amides is 2. The molecule has 2 amide bonds. The van der Waals surface area contributed by atoms with E-state index in [0.29, 0.717) is 24.1 Å². The first kappa shape index (κ1) is 18.5. The lowest BCUT2D eigenvalue weighted by Gasteiger charge is -2.14. The summed E-state index contributed by atoms with van der Waals surface area (Å²) in [6, 6.07) is 13.8. The number of halogens is 1. The van der Waals surface area contributed by atoms with E-state index in [0.717, 1.165) is 27.6 Å². The van der Waals surface area contributed by atoms with Crippen LogP contribution in [0.4, 0.5) is 0 Å². The van der Waals surface area contributed by atoms with Crippen LogP contribution in [0.2, 0.25) is 0 Å². The summed E-state index contributed by atoms with van der Waals surface area (Å²) in [4.78, 5) is 26.9. The Labute approximate surface area is 169 Å². The number of nitrogens with zero attached hydrogens (tertiary/aromatic N) is 2. The first-order chi connectivity index (χ1) is 13.4. The second kappa shape index (κ2) is 6.95. The number of rotatable bonds is 4. The van der Waals surface area contributed by atoms with Gasteiger partial charge in [0.25, 0.3) is 11.8 Å². The fourth-order valence-electron chi connectivity index (χ4n) is 3.75. The van der Waals surface area contributed by atoms with Crippen molar-refractivity contribution in [2.24, 2.45) is 7.05 Å². The van der Waals surface area contributed by atoms with Crippen LogP contribution in [0.3, 0.4) is 0 Å². The number of carbonyl (C=O) groups excluding carboxylic acids is 2. The average molecular weight is 393 g/mol. The zero-order valence-electron chi connectivity index (χ0n) is 16.1. The minimum Gasteiger partial charge on any atom is -0.350 e. The van der Waals surface area contributed by atoms with E-state index >= 15 is 0 Å². The van der Waals surface area contributed by atoms with Crippen LogP contribution in [-0.4, -0.2) is 27.8 Å². The van der Waals surface area contributed by atoms with Crippen molar-refractivity contribution in [3.63, 3.8) is 0 Å². The van der Waals surface area contributed by atoms with Gasteiger partial charge in [-0.2, -0.15) is 0 Å². The Morgan fingerprint density at radius 1 is 0.964 bits per heavy atom. The quantitative estimate of drug-likeness (QED) is 0.619. The smallest absolute Gasteiger partial charge is 0.273 e. The van der Waals surface area contributed by atoms with Gasteiger partial charge in [-0.05, 0) is 48.6 Å². The molecule has 0 spiro atoms. The van der Waals surface area contributed by atoms with Gasteiger partial charge < -0.3 is 4.57 Å². The number of benzene rings is 2.